The summed E-state index contributed by atoms with van der Waals surface area (Å²) in [6, 6.07) is 7.64. The highest BCUT2D eigenvalue weighted by Gasteiger charge is 2.10. The first kappa shape index (κ1) is 13.5. The summed E-state index contributed by atoms with van der Waals surface area (Å²) in [5.41, 5.74) is 1.43. The Hall–Kier alpha value is -1.95. The van der Waals surface area contributed by atoms with E-state index in [1.807, 2.05) is 13.8 Å². The molecule has 1 heterocycles. The zero-order valence-electron chi connectivity index (χ0n) is 10.5. The summed E-state index contributed by atoms with van der Waals surface area (Å²) in [7, 11) is 0. The van der Waals surface area contributed by atoms with Crippen molar-refractivity contribution in [1.29, 1.82) is 0 Å². The van der Waals surface area contributed by atoms with Gasteiger partial charge >= 0.3 is 6.09 Å². The first-order valence-electron chi connectivity index (χ1n) is 5.75. The van der Waals surface area contributed by atoms with E-state index in [0.717, 1.165) is 17.1 Å². The summed E-state index contributed by atoms with van der Waals surface area (Å²) in [5.74, 6) is -0.299. The Morgan fingerprint density at radius 1 is 1.37 bits per heavy atom. The second kappa shape index (κ2) is 5.79. The molecular weight excluding hydrogens is 267 g/mol. The van der Waals surface area contributed by atoms with Crippen LogP contribution in [-0.2, 0) is 0 Å². The van der Waals surface area contributed by atoms with E-state index >= 15 is 0 Å². The molecule has 0 spiro atoms. The Morgan fingerprint density at radius 2 is 2.05 bits per heavy atom. The molecule has 1 aromatic carbocycles. The lowest BCUT2D eigenvalue weighted by Crippen LogP contribution is -2.32. The molecule has 4 nitrogen and oxygen atoms in total. The van der Waals surface area contributed by atoms with E-state index in [0.29, 0.717) is 10.8 Å². The lowest BCUT2D eigenvalue weighted by atomic mass is 10.1. The third-order valence-electron chi connectivity index (χ3n) is 2.23. The summed E-state index contributed by atoms with van der Waals surface area (Å²) < 4.78 is 22.1. The second-order valence-corrected chi connectivity index (χ2v) is 4.99. The van der Waals surface area contributed by atoms with Gasteiger partial charge in [-0.25, -0.2) is 9.18 Å². The molecule has 1 aromatic heterocycles. The number of carbonyl (C=O) groups is 1. The van der Waals surface area contributed by atoms with Crippen molar-refractivity contribution >= 4 is 17.6 Å². The molecule has 2 rings (SSSR count). The smallest absolute Gasteiger partial charge is 0.398 e. The van der Waals surface area contributed by atoms with E-state index in [1.165, 1.54) is 12.1 Å². The molecule has 1 amide bonds. The predicted octanol–water partition coefficient (Wildman–Crippen LogP) is 3.45. The molecule has 1 N–H and O–H groups in total. The molecule has 0 aliphatic rings. The van der Waals surface area contributed by atoms with Gasteiger partial charge in [0.2, 0.25) is 5.06 Å². The van der Waals surface area contributed by atoms with Crippen LogP contribution in [0.25, 0.3) is 11.3 Å². The number of rotatable bonds is 3. The van der Waals surface area contributed by atoms with Crippen LogP contribution in [0.1, 0.15) is 13.8 Å². The Kier molecular flexibility index (Phi) is 4.11. The van der Waals surface area contributed by atoms with Gasteiger partial charge in [0, 0.05) is 29.2 Å². The summed E-state index contributed by atoms with van der Waals surface area (Å²) in [6.45, 7) is 3.69. The monoisotopic (exact) mass is 280 g/mol. The van der Waals surface area contributed by atoms with Crippen LogP contribution in [0.2, 0.25) is 0 Å². The molecule has 0 bridgehead atoms. The van der Waals surface area contributed by atoms with Crippen LogP contribution in [0.15, 0.2) is 30.3 Å². The summed E-state index contributed by atoms with van der Waals surface area (Å²) in [6.07, 6.45) is -0.510. The summed E-state index contributed by atoms with van der Waals surface area (Å²) in [4.78, 5) is 11.4. The highest BCUT2D eigenvalue weighted by atomic mass is 32.1. The maximum Gasteiger partial charge on any atom is 0.413 e. The number of benzene rings is 1. The summed E-state index contributed by atoms with van der Waals surface area (Å²) >= 11 is 1.08. The zero-order valence-corrected chi connectivity index (χ0v) is 11.3. The largest absolute Gasteiger partial charge is 0.413 e. The van der Waals surface area contributed by atoms with Gasteiger partial charge < -0.3 is 10.1 Å². The van der Waals surface area contributed by atoms with E-state index in [1.54, 1.807) is 18.2 Å². The lowest BCUT2D eigenvalue weighted by molar-refractivity contribution is 0.199. The van der Waals surface area contributed by atoms with E-state index < -0.39 is 6.09 Å². The van der Waals surface area contributed by atoms with Crippen molar-refractivity contribution in [3.05, 3.63) is 36.1 Å². The quantitative estimate of drug-likeness (QED) is 0.937. The molecule has 2 aromatic rings. The average Bonchev–Trinajstić information content (AvgIpc) is 2.77. The van der Waals surface area contributed by atoms with Crippen LogP contribution in [0, 0.1) is 5.82 Å². The Bertz CT molecular complexity index is 566. The first-order valence-corrected chi connectivity index (χ1v) is 6.53. The zero-order chi connectivity index (χ0) is 13.8. The van der Waals surface area contributed by atoms with Gasteiger partial charge in [0.05, 0.1) is 5.69 Å². The van der Waals surface area contributed by atoms with Gasteiger partial charge in [-0.1, -0.05) is 0 Å². The fraction of sp³-hybridized carbons (Fsp3) is 0.231. The van der Waals surface area contributed by atoms with E-state index in [2.05, 4.69) is 9.69 Å². The molecule has 0 radical (unpaired) electrons. The fourth-order valence-electron chi connectivity index (χ4n) is 1.42. The normalized spacial score (nSPS) is 10.5. The molecule has 0 fully saturated rings. The van der Waals surface area contributed by atoms with Crippen molar-refractivity contribution in [2.75, 3.05) is 0 Å². The molecule has 19 heavy (non-hydrogen) atoms. The Morgan fingerprint density at radius 3 is 2.68 bits per heavy atom. The van der Waals surface area contributed by atoms with Crippen molar-refractivity contribution in [3.63, 3.8) is 0 Å². The molecule has 0 atom stereocenters. The SMILES string of the molecule is CC(C)NC(=O)Oc1cc(-c2ccc(F)cc2)ns1. The third kappa shape index (κ3) is 3.75. The Labute approximate surface area is 114 Å². The number of carbonyl (C=O) groups excluding carboxylic acids is 1. The lowest BCUT2D eigenvalue weighted by Gasteiger charge is -2.06. The van der Waals surface area contributed by atoms with E-state index in [9.17, 15) is 9.18 Å². The van der Waals surface area contributed by atoms with Crippen LogP contribution in [0.4, 0.5) is 9.18 Å². The van der Waals surface area contributed by atoms with Crippen molar-refractivity contribution in [2.45, 2.75) is 19.9 Å². The minimum Gasteiger partial charge on any atom is -0.398 e. The van der Waals surface area contributed by atoms with Crippen LogP contribution < -0.4 is 10.1 Å². The van der Waals surface area contributed by atoms with Gasteiger partial charge in [0.1, 0.15) is 5.82 Å². The highest BCUT2D eigenvalue weighted by Crippen LogP contribution is 2.27. The van der Waals surface area contributed by atoms with Crippen molar-refractivity contribution < 1.29 is 13.9 Å². The van der Waals surface area contributed by atoms with Gasteiger partial charge in [-0.3, -0.25) is 0 Å². The van der Waals surface area contributed by atoms with Gasteiger partial charge in [0.25, 0.3) is 0 Å². The number of amides is 1. The molecule has 0 saturated carbocycles. The fourth-order valence-corrected chi connectivity index (χ4v) is 2.04. The number of nitrogens with zero attached hydrogens (tertiary/aromatic N) is 1. The number of halogens is 1. The predicted molar refractivity (Wildman–Crippen MR) is 71.8 cm³/mol. The third-order valence-corrected chi connectivity index (χ3v) is 2.90. The Balaban J connectivity index is 2.07. The topological polar surface area (TPSA) is 51.2 Å². The molecule has 6 heteroatoms. The standard InChI is InChI=1S/C13H13FN2O2S/c1-8(2)15-13(17)18-12-7-11(16-19-12)9-3-5-10(14)6-4-9/h3-8H,1-2H3,(H,15,17). The van der Waals surface area contributed by atoms with Crippen LogP contribution >= 0.6 is 11.5 Å². The minimum absolute atomic E-state index is 0.0111. The number of nitrogens with one attached hydrogen (secondary N) is 1. The maximum absolute atomic E-state index is 12.8. The molecule has 0 unspecified atom stereocenters. The molecule has 0 saturated heterocycles. The number of aromatic nitrogens is 1. The van der Waals surface area contributed by atoms with Crippen molar-refractivity contribution in [2.24, 2.45) is 0 Å². The first-order chi connectivity index (χ1) is 9.04. The summed E-state index contributed by atoms with van der Waals surface area (Å²) in [5, 5.41) is 3.02. The van der Waals surface area contributed by atoms with Crippen LogP contribution in [0.5, 0.6) is 5.06 Å². The van der Waals surface area contributed by atoms with Gasteiger partial charge in [-0.2, -0.15) is 4.37 Å². The maximum atomic E-state index is 12.8. The van der Waals surface area contributed by atoms with E-state index in [-0.39, 0.29) is 11.9 Å². The second-order valence-electron chi connectivity index (χ2n) is 4.23. The number of hydrogen-bond donors (Lipinski definition) is 1. The molecule has 0 aliphatic carbocycles. The number of hydrogen-bond acceptors (Lipinski definition) is 4. The molecular formula is C13H13FN2O2S. The van der Waals surface area contributed by atoms with Gasteiger partial charge in [-0.05, 0) is 38.1 Å². The minimum atomic E-state index is -0.510. The number of ether oxygens (including phenoxy) is 1. The van der Waals surface area contributed by atoms with Crippen LogP contribution in [0.3, 0.4) is 0 Å². The van der Waals surface area contributed by atoms with Gasteiger partial charge in [-0.15, -0.1) is 0 Å². The highest BCUT2D eigenvalue weighted by molar-refractivity contribution is 7.08. The van der Waals surface area contributed by atoms with Crippen molar-refractivity contribution in [1.82, 2.24) is 9.69 Å². The van der Waals surface area contributed by atoms with Gasteiger partial charge in [0.15, 0.2) is 0 Å². The molecule has 100 valence electrons. The van der Waals surface area contributed by atoms with E-state index in [4.69, 9.17) is 4.74 Å². The van der Waals surface area contributed by atoms with Crippen molar-refractivity contribution in [3.8, 4) is 16.3 Å². The average molecular weight is 280 g/mol. The van der Waals surface area contributed by atoms with Crippen LogP contribution in [-0.4, -0.2) is 16.5 Å². The molecule has 0 aliphatic heterocycles.